The molecular formula is C15H20BrN3O. The van der Waals surface area contributed by atoms with Crippen LogP contribution in [0.2, 0.25) is 0 Å². The molecular weight excluding hydrogens is 318 g/mol. The normalized spacial score (nSPS) is 12.4. The number of hydrogen-bond acceptors (Lipinski definition) is 3. The quantitative estimate of drug-likeness (QED) is 0.881. The highest BCUT2D eigenvalue weighted by Crippen LogP contribution is 2.30. The zero-order valence-corrected chi connectivity index (χ0v) is 13.4. The number of halogens is 1. The summed E-state index contributed by atoms with van der Waals surface area (Å²) in [4.78, 5) is 0. The molecule has 2 N–H and O–H groups in total. The molecule has 1 atom stereocenters. The Labute approximate surface area is 128 Å². The van der Waals surface area contributed by atoms with Crippen LogP contribution in [0, 0.1) is 0 Å². The number of nitrogens with two attached hydrogens (primary N) is 1. The molecule has 2 aromatic rings. The molecule has 1 heterocycles. The average molecular weight is 338 g/mol. The van der Waals surface area contributed by atoms with Crippen LogP contribution in [0.5, 0.6) is 5.75 Å². The van der Waals surface area contributed by atoms with E-state index >= 15 is 0 Å². The fraction of sp³-hybridized carbons (Fsp3) is 0.400. The molecule has 5 heteroatoms. The smallest absolute Gasteiger partial charge is 0.136 e. The molecule has 0 aliphatic rings. The number of ether oxygens (including phenoxy) is 1. The van der Waals surface area contributed by atoms with Crippen LogP contribution < -0.4 is 10.5 Å². The molecule has 0 fully saturated rings. The third kappa shape index (κ3) is 4.08. The number of para-hydroxylation sites is 1. The van der Waals surface area contributed by atoms with Crippen molar-refractivity contribution in [2.75, 3.05) is 6.61 Å². The van der Waals surface area contributed by atoms with Crippen LogP contribution in [0.4, 0.5) is 0 Å². The van der Waals surface area contributed by atoms with E-state index < -0.39 is 0 Å². The lowest BCUT2D eigenvalue weighted by atomic mass is 10.1. The monoisotopic (exact) mass is 337 g/mol. The number of aromatic nitrogens is 2. The Hall–Kier alpha value is -1.33. The first-order valence-electron chi connectivity index (χ1n) is 6.69. The minimum Gasteiger partial charge on any atom is -0.492 e. The number of rotatable bonds is 6. The van der Waals surface area contributed by atoms with Crippen LogP contribution in [0.15, 0.2) is 35.1 Å². The lowest BCUT2D eigenvalue weighted by Crippen LogP contribution is -2.18. The Morgan fingerprint density at radius 1 is 1.45 bits per heavy atom. The molecule has 108 valence electrons. The van der Waals surface area contributed by atoms with E-state index in [4.69, 9.17) is 10.5 Å². The van der Waals surface area contributed by atoms with Gasteiger partial charge in [0.2, 0.25) is 0 Å². The molecule has 0 bridgehead atoms. The van der Waals surface area contributed by atoms with E-state index in [0.717, 1.165) is 28.6 Å². The summed E-state index contributed by atoms with van der Waals surface area (Å²) in [5, 5.41) is 4.15. The van der Waals surface area contributed by atoms with Crippen LogP contribution in [0.1, 0.15) is 18.1 Å². The highest BCUT2D eigenvalue weighted by Gasteiger charge is 2.10. The summed E-state index contributed by atoms with van der Waals surface area (Å²) in [5.74, 6) is 0.897. The maximum Gasteiger partial charge on any atom is 0.136 e. The van der Waals surface area contributed by atoms with E-state index in [1.807, 2.05) is 38.5 Å². The van der Waals surface area contributed by atoms with Gasteiger partial charge >= 0.3 is 0 Å². The van der Waals surface area contributed by atoms with Gasteiger partial charge in [-0.25, -0.2) is 0 Å². The largest absolute Gasteiger partial charge is 0.492 e. The van der Waals surface area contributed by atoms with Crippen LogP contribution >= 0.6 is 15.9 Å². The Kier molecular flexibility index (Phi) is 5.20. The summed E-state index contributed by atoms with van der Waals surface area (Å²) >= 11 is 3.55. The Morgan fingerprint density at radius 2 is 2.25 bits per heavy atom. The van der Waals surface area contributed by atoms with Crippen molar-refractivity contribution in [3.63, 3.8) is 0 Å². The Bertz CT molecular complexity index is 566. The molecule has 1 aromatic carbocycles. The minimum absolute atomic E-state index is 0.116. The highest BCUT2D eigenvalue weighted by molar-refractivity contribution is 9.10. The molecule has 0 radical (unpaired) electrons. The van der Waals surface area contributed by atoms with Gasteiger partial charge in [0, 0.05) is 25.7 Å². The van der Waals surface area contributed by atoms with E-state index in [-0.39, 0.29) is 6.04 Å². The van der Waals surface area contributed by atoms with Gasteiger partial charge in [0.05, 0.1) is 17.3 Å². The standard InChI is InChI=1S/C15H20BrN3O/c1-11(17)8-13-4-3-5-14(16)15(13)20-7-6-12-9-18-19(2)10-12/h3-5,9-11H,6-8,17H2,1-2H3. The van der Waals surface area contributed by atoms with Gasteiger partial charge in [-0.15, -0.1) is 0 Å². The Balaban J connectivity index is 2.01. The van der Waals surface area contributed by atoms with Gasteiger partial charge in [-0.3, -0.25) is 4.68 Å². The lowest BCUT2D eigenvalue weighted by molar-refractivity contribution is 0.316. The van der Waals surface area contributed by atoms with E-state index in [1.165, 1.54) is 5.56 Å². The van der Waals surface area contributed by atoms with E-state index in [1.54, 1.807) is 4.68 Å². The molecule has 0 aliphatic heterocycles. The number of benzene rings is 1. The zero-order valence-electron chi connectivity index (χ0n) is 11.8. The maximum atomic E-state index is 5.94. The van der Waals surface area contributed by atoms with E-state index in [2.05, 4.69) is 27.1 Å². The van der Waals surface area contributed by atoms with E-state index in [9.17, 15) is 0 Å². The van der Waals surface area contributed by atoms with Crippen molar-refractivity contribution in [3.8, 4) is 5.75 Å². The van der Waals surface area contributed by atoms with Gasteiger partial charge in [-0.1, -0.05) is 12.1 Å². The molecule has 0 saturated carbocycles. The zero-order chi connectivity index (χ0) is 14.5. The van der Waals surface area contributed by atoms with Gasteiger partial charge in [0.15, 0.2) is 0 Å². The van der Waals surface area contributed by atoms with Gasteiger partial charge in [0.25, 0.3) is 0 Å². The van der Waals surface area contributed by atoms with Gasteiger partial charge in [-0.05, 0) is 46.5 Å². The van der Waals surface area contributed by atoms with Crippen LogP contribution in [0.25, 0.3) is 0 Å². The molecule has 0 aliphatic carbocycles. The van der Waals surface area contributed by atoms with Crippen molar-refractivity contribution >= 4 is 15.9 Å². The second kappa shape index (κ2) is 6.90. The van der Waals surface area contributed by atoms with Crippen molar-refractivity contribution < 1.29 is 4.74 Å². The third-order valence-electron chi connectivity index (χ3n) is 2.99. The van der Waals surface area contributed by atoms with Crippen LogP contribution in [-0.4, -0.2) is 22.4 Å². The summed E-state index contributed by atoms with van der Waals surface area (Å²) in [5.41, 5.74) is 8.20. The predicted octanol–water partition coefficient (Wildman–Crippen LogP) is 2.69. The average Bonchev–Trinajstić information content (AvgIpc) is 2.78. The first-order chi connectivity index (χ1) is 9.56. The summed E-state index contributed by atoms with van der Waals surface area (Å²) in [7, 11) is 1.92. The van der Waals surface area contributed by atoms with Crippen molar-refractivity contribution in [2.45, 2.75) is 25.8 Å². The summed E-state index contributed by atoms with van der Waals surface area (Å²) < 4.78 is 8.72. The molecule has 20 heavy (non-hydrogen) atoms. The fourth-order valence-corrected chi connectivity index (χ4v) is 2.62. The van der Waals surface area contributed by atoms with Gasteiger partial charge in [0.1, 0.15) is 5.75 Å². The first-order valence-corrected chi connectivity index (χ1v) is 7.49. The fourth-order valence-electron chi connectivity index (χ4n) is 2.09. The number of nitrogens with zero attached hydrogens (tertiary/aromatic N) is 2. The molecule has 4 nitrogen and oxygen atoms in total. The Morgan fingerprint density at radius 3 is 2.90 bits per heavy atom. The van der Waals surface area contributed by atoms with Crippen molar-refractivity contribution in [1.29, 1.82) is 0 Å². The summed E-state index contributed by atoms with van der Waals surface area (Å²) in [6.07, 6.45) is 5.52. The SMILES string of the molecule is CC(N)Cc1cccc(Br)c1OCCc1cnn(C)c1. The van der Waals surface area contributed by atoms with Crippen molar-refractivity contribution in [2.24, 2.45) is 12.8 Å². The molecule has 0 amide bonds. The van der Waals surface area contributed by atoms with Gasteiger partial charge < -0.3 is 10.5 Å². The molecule has 0 spiro atoms. The van der Waals surface area contributed by atoms with Crippen LogP contribution in [-0.2, 0) is 19.9 Å². The second-order valence-corrected chi connectivity index (χ2v) is 5.88. The summed E-state index contributed by atoms with van der Waals surface area (Å²) in [6.45, 7) is 2.63. The van der Waals surface area contributed by atoms with Crippen LogP contribution in [0.3, 0.4) is 0 Å². The lowest BCUT2D eigenvalue weighted by Gasteiger charge is -2.14. The predicted molar refractivity (Wildman–Crippen MR) is 83.9 cm³/mol. The molecule has 2 rings (SSSR count). The molecule has 0 saturated heterocycles. The topological polar surface area (TPSA) is 53.1 Å². The van der Waals surface area contributed by atoms with Crippen molar-refractivity contribution in [3.05, 3.63) is 46.2 Å². The second-order valence-electron chi connectivity index (χ2n) is 5.03. The van der Waals surface area contributed by atoms with Crippen molar-refractivity contribution in [1.82, 2.24) is 9.78 Å². The van der Waals surface area contributed by atoms with Gasteiger partial charge in [-0.2, -0.15) is 5.10 Å². The summed E-state index contributed by atoms with van der Waals surface area (Å²) in [6, 6.07) is 6.18. The molecule has 1 unspecified atom stereocenters. The number of aryl methyl sites for hydroxylation is 1. The van der Waals surface area contributed by atoms with E-state index in [0.29, 0.717) is 6.61 Å². The number of hydrogen-bond donors (Lipinski definition) is 1. The first kappa shape index (κ1) is 15.1. The minimum atomic E-state index is 0.116. The molecule has 1 aromatic heterocycles. The maximum absolute atomic E-state index is 5.94. The highest BCUT2D eigenvalue weighted by atomic mass is 79.9. The third-order valence-corrected chi connectivity index (χ3v) is 3.61.